The van der Waals surface area contributed by atoms with Crippen LogP contribution in [0, 0.1) is 6.92 Å². The Labute approximate surface area is 95.9 Å². The van der Waals surface area contributed by atoms with Crippen molar-refractivity contribution in [3.8, 4) is 0 Å². The van der Waals surface area contributed by atoms with E-state index in [1.807, 2.05) is 16.8 Å². The number of thiophene rings is 1. The Morgan fingerprint density at radius 2 is 2.50 bits per heavy atom. The van der Waals surface area contributed by atoms with Gasteiger partial charge in [-0.25, -0.2) is 10.4 Å². The second-order valence-corrected chi connectivity index (χ2v) is 3.94. The molecule has 0 aromatic carbocycles. The van der Waals surface area contributed by atoms with E-state index < -0.39 is 0 Å². The molecule has 5 nitrogen and oxygen atoms in total. The van der Waals surface area contributed by atoms with Crippen LogP contribution < -0.4 is 11.0 Å². The molecule has 2 aromatic heterocycles. The van der Waals surface area contributed by atoms with E-state index >= 15 is 0 Å². The molecule has 0 saturated heterocycles. The van der Waals surface area contributed by atoms with Crippen molar-refractivity contribution >= 4 is 23.5 Å². The molecule has 82 valence electrons. The molecule has 0 atom stereocenters. The van der Waals surface area contributed by atoms with Crippen molar-refractivity contribution in [1.29, 1.82) is 0 Å². The lowest BCUT2D eigenvalue weighted by Crippen LogP contribution is -2.10. The molecule has 0 fully saturated rings. The van der Waals surface area contributed by atoms with Crippen LogP contribution in [0.2, 0.25) is 0 Å². The van der Waals surface area contributed by atoms with Gasteiger partial charge in [-0.05, 0) is 23.8 Å². The molecular formula is C10H10N4OS. The summed E-state index contributed by atoms with van der Waals surface area (Å²) in [5.41, 5.74) is 4.14. The van der Waals surface area contributed by atoms with E-state index in [-0.39, 0.29) is 5.56 Å². The Kier molecular flexibility index (Phi) is 3.11. The van der Waals surface area contributed by atoms with E-state index in [2.05, 4.69) is 20.5 Å². The summed E-state index contributed by atoms with van der Waals surface area (Å²) in [5, 5.41) is 7.90. The molecule has 0 bridgehead atoms. The third-order valence-electron chi connectivity index (χ3n) is 1.80. The van der Waals surface area contributed by atoms with Crippen molar-refractivity contribution in [3.05, 3.63) is 44.5 Å². The fourth-order valence-electron chi connectivity index (χ4n) is 1.15. The van der Waals surface area contributed by atoms with Crippen molar-refractivity contribution in [1.82, 2.24) is 9.97 Å². The monoisotopic (exact) mass is 234 g/mol. The number of aromatic nitrogens is 2. The zero-order valence-electron chi connectivity index (χ0n) is 8.60. The molecule has 2 N–H and O–H groups in total. The van der Waals surface area contributed by atoms with E-state index in [1.54, 1.807) is 24.5 Å². The Bertz CT molecular complexity index is 544. The topological polar surface area (TPSA) is 70.1 Å². The summed E-state index contributed by atoms with van der Waals surface area (Å²) in [4.78, 5) is 17.7. The molecular weight excluding hydrogens is 224 g/mol. The summed E-state index contributed by atoms with van der Waals surface area (Å²) < 4.78 is 0. The van der Waals surface area contributed by atoms with Crippen molar-refractivity contribution in [2.24, 2.45) is 5.10 Å². The number of nitrogens with zero attached hydrogens (tertiary/aromatic N) is 2. The van der Waals surface area contributed by atoms with Crippen LogP contribution in [0.1, 0.15) is 11.3 Å². The standard InChI is InChI=1S/C10H10N4OS/c1-7-4-9(15)13-10(12-7)14-11-5-8-2-3-16-6-8/h2-6H,1H3,(H2,12,13,14,15)/b11-5+. The van der Waals surface area contributed by atoms with E-state index in [0.717, 1.165) is 5.56 Å². The molecule has 0 spiro atoms. The van der Waals surface area contributed by atoms with Crippen LogP contribution in [0.25, 0.3) is 0 Å². The minimum atomic E-state index is -0.194. The van der Waals surface area contributed by atoms with Crippen LogP contribution in [0.3, 0.4) is 0 Å². The van der Waals surface area contributed by atoms with Crippen LogP contribution >= 0.6 is 11.3 Å². The smallest absolute Gasteiger partial charge is 0.252 e. The number of anilines is 1. The predicted molar refractivity (Wildman–Crippen MR) is 65.1 cm³/mol. The highest BCUT2D eigenvalue weighted by Crippen LogP contribution is 2.02. The van der Waals surface area contributed by atoms with Crippen LogP contribution in [-0.4, -0.2) is 16.2 Å². The maximum atomic E-state index is 11.1. The Morgan fingerprint density at radius 1 is 1.62 bits per heavy atom. The lowest BCUT2D eigenvalue weighted by molar-refractivity contribution is 1.04. The molecule has 2 aromatic rings. The second-order valence-electron chi connectivity index (χ2n) is 3.16. The molecule has 2 rings (SSSR count). The minimum Gasteiger partial charge on any atom is -0.291 e. The molecule has 16 heavy (non-hydrogen) atoms. The van der Waals surface area contributed by atoms with E-state index in [0.29, 0.717) is 11.6 Å². The van der Waals surface area contributed by atoms with Gasteiger partial charge in [-0.15, -0.1) is 0 Å². The zero-order chi connectivity index (χ0) is 11.4. The van der Waals surface area contributed by atoms with Gasteiger partial charge in [0.25, 0.3) is 5.56 Å². The first-order chi connectivity index (χ1) is 7.74. The van der Waals surface area contributed by atoms with Crippen LogP contribution in [-0.2, 0) is 0 Å². The SMILES string of the molecule is Cc1cc(=O)[nH]c(N/N=C/c2ccsc2)n1. The van der Waals surface area contributed by atoms with Gasteiger partial charge in [0, 0.05) is 17.3 Å². The average Bonchev–Trinajstić information content (AvgIpc) is 2.69. The fourth-order valence-corrected chi connectivity index (χ4v) is 1.76. The van der Waals surface area contributed by atoms with Gasteiger partial charge < -0.3 is 0 Å². The molecule has 6 heteroatoms. The first kappa shape index (κ1) is 10.6. The summed E-state index contributed by atoms with van der Waals surface area (Å²) in [7, 11) is 0. The molecule has 0 saturated carbocycles. The first-order valence-corrected chi connectivity index (χ1v) is 5.57. The summed E-state index contributed by atoms with van der Waals surface area (Å²) in [6.07, 6.45) is 1.67. The van der Waals surface area contributed by atoms with E-state index in [9.17, 15) is 4.79 Å². The fraction of sp³-hybridized carbons (Fsp3) is 0.100. The average molecular weight is 234 g/mol. The van der Waals surface area contributed by atoms with E-state index in [1.165, 1.54) is 6.07 Å². The molecule has 0 amide bonds. The highest BCUT2D eigenvalue weighted by Gasteiger charge is 1.94. The minimum absolute atomic E-state index is 0.194. The number of hydrogen-bond acceptors (Lipinski definition) is 5. The molecule has 2 heterocycles. The Balaban J connectivity index is 2.07. The number of nitrogens with one attached hydrogen (secondary N) is 2. The van der Waals surface area contributed by atoms with Gasteiger partial charge >= 0.3 is 0 Å². The third kappa shape index (κ3) is 2.77. The maximum Gasteiger partial charge on any atom is 0.252 e. The number of rotatable bonds is 3. The molecule has 0 radical (unpaired) electrons. The van der Waals surface area contributed by atoms with Crippen molar-refractivity contribution in [3.63, 3.8) is 0 Å². The quantitative estimate of drug-likeness (QED) is 0.625. The van der Waals surface area contributed by atoms with Crippen molar-refractivity contribution in [2.45, 2.75) is 6.92 Å². The third-order valence-corrected chi connectivity index (χ3v) is 2.50. The number of hydrazone groups is 1. The molecule has 0 aliphatic rings. The van der Waals surface area contributed by atoms with Gasteiger partial charge in [-0.1, -0.05) is 0 Å². The summed E-state index contributed by atoms with van der Waals surface area (Å²) in [5.74, 6) is 0.344. The summed E-state index contributed by atoms with van der Waals surface area (Å²) in [6, 6.07) is 3.37. The first-order valence-electron chi connectivity index (χ1n) is 4.63. The van der Waals surface area contributed by atoms with Gasteiger partial charge in [0.1, 0.15) is 0 Å². The lowest BCUT2D eigenvalue weighted by atomic mass is 10.4. The van der Waals surface area contributed by atoms with Gasteiger partial charge in [-0.3, -0.25) is 9.78 Å². The van der Waals surface area contributed by atoms with E-state index in [4.69, 9.17) is 0 Å². The molecule has 0 aliphatic heterocycles. The number of hydrogen-bond donors (Lipinski definition) is 2. The summed E-state index contributed by atoms with van der Waals surface area (Å²) in [6.45, 7) is 1.75. The predicted octanol–water partition coefficient (Wildman–Crippen LogP) is 1.59. The van der Waals surface area contributed by atoms with Crippen LogP contribution in [0.5, 0.6) is 0 Å². The highest BCUT2D eigenvalue weighted by atomic mass is 32.1. The van der Waals surface area contributed by atoms with Crippen LogP contribution in [0.4, 0.5) is 5.95 Å². The Morgan fingerprint density at radius 3 is 3.19 bits per heavy atom. The molecule has 0 aliphatic carbocycles. The number of aromatic amines is 1. The number of aryl methyl sites for hydroxylation is 1. The Hall–Kier alpha value is -1.95. The maximum absolute atomic E-state index is 11.1. The van der Waals surface area contributed by atoms with Gasteiger partial charge in [0.2, 0.25) is 5.95 Å². The largest absolute Gasteiger partial charge is 0.291 e. The van der Waals surface area contributed by atoms with Crippen molar-refractivity contribution in [2.75, 3.05) is 5.43 Å². The summed E-state index contributed by atoms with van der Waals surface area (Å²) >= 11 is 1.60. The molecule has 0 unspecified atom stereocenters. The normalized spacial score (nSPS) is 10.8. The van der Waals surface area contributed by atoms with Crippen molar-refractivity contribution < 1.29 is 0 Å². The van der Waals surface area contributed by atoms with Crippen LogP contribution in [0.15, 0.2) is 32.8 Å². The van der Waals surface area contributed by atoms with Gasteiger partial charge in [0.05, 0.1) is 6.21 Å². The lowest BCUT2D eigenvalue weighted by Gasteiger charge is -1.98. The number of H-pyrrole nitrogens is 1. The second kappa shape index (κ2) is 4.71. The zero-order valence-corrected chi connectivity index (χ0v) is 9.41. The van der Waals surface area contributed by atoms with Gasteiger partial charge in [0.15, 0.2) is 0 Å². The highest BCUT2D eigenvalue weighted by molar-refractivity contribution is 7.08. The van der Waals surface area contributed by atoms with Gasteiger partial charge in [-0.2, -0.15) is 16.4 Å².